The summed E-state index contributed by atoms with van der Waals surface area (Å²) < 4.78 is 45.7. The average Bonchev–Trinajstić information content (AvgIpc) is 2.83. The quantitative estimate of drug-likeness (QED) is 0.375. The van der Waals surface area contributed by atoms with Gasteiger partial charge in [0.1, 0.15) is 5.82 Å². The molecule has 1 heterocycles. The van der Waals surface area contributed by atoms with E-state index in [1.165, 1.54) is 6.07 Å². The normalized spacial score (nSPS) is 14.8. The van der Waals surface area contributed by atoms with Gasteiger partial charge in [-0.3, -0.25) is 4.55 Å². The van der Waals surface area contributed by atoms with Gasteiger partial charge in [-0.15, -0.1) is 0 Å². The Bertz CT molecular complexity index is 1470. The number of aromatic nitrogens is 2. The number of fused-ring (bicyclic) bond motifs is 3. The molecule has 1 aliphatic carbocycles. The number of aryl methyl sites for hydroxylation is 1. The van der Waals surface area contributed by atoms with Crippen molar-refractivity contribution in [2.24, 2.45) is 0 Å². The van der Waals surface area contributed by atoms with Gasteiger partial charge in [-0.25, -0.2) is 14.4 Å². The molecular formula is C26H22FN3O3S. The Morgan fingerprint density at radius 1 is 1.00 bits per heavy atom. The molecule has 0 amide bonds. The van der Waals surface area contributed by atoms with Crippen LogP contribution in [0.25, 0.3) is 11.3 Å². The molecule has 6 nitrogen and oxygen atoms in total. The molecule has 0 saturated carbocycles. The van der Waals surface area contributed by atoms with Crippen molar-refractivity contribution in [3.8, 4) is 11.3 Å². The Morgan fingerprint density at radius 2 is 1.76 bits per heavy atom. The zero-order valence-electron chi connectivity index (χ0n) is 18.1. The van der Waals surface area contributed by atoms with Crippen LogP contribution < -0.4 is 5.32 Å². The van der Waals surface area contributed by atoms with Gasteiger partial charge < -0.3 is 5.32 Å². The van der Waals surface area contributed by atoms with Gasteiger partial charge in [0.2, 0.25) is 5.95 Å². The fraction of sp³-hybridized carbons (Fsp3) is 0.154. The lowest BCUT2D eigenvalue weighted by Gasteiger charge is -2.27. The lowest BCUT2D eigenvalue weighted by atomic mass is 9.78. The summed E-state index contributed by atoms with van der Waals surface area (Å²) in [6, 6.07) is 22.0. The molecule has 0 aliphatic heterocycles. The third kappa shape index (κ3) is 4.69. The molecule has 0 spiro atoms. The highest BCUT2D eigenvalue weighted by Gasteiger charge is 2.28. The van der Waals surface area contributed by atoms with E-state index < -0.39 is 10.1 Å². The van der Waals surface area contributed by atoms with Gasteiger partial charge in [0.05, 0.1) is 11.4 Å². The first-order valence-corrected chi connectivity index (χ1v) is 12.5. The summed E-state index contributed by atoms with van der Waals surface area (Å²) in [5.74, 6) is -0.276. The second-order valence-electron chi connectivity index (χ2n) is 8.29. The number of rotatable bonds is 6. The topological polar surface area (TPSA) is 92.2 Å². The second-order valence-corrected chi connectivity index (χ2v) is 9.87. The molecule has 5 rings (SSSR count). The highest BCUT2D eigenvalue weighted by molar-refractivity contribution is 7.85. The van der Waals surface area contributed by atoms with Crippen molar-refractivity contribution < 1.29 is 17.4 Å². The van der Waals surface area contributed by atoms with Crippen LogP contribution in [0.2, 0.25) is 0 Å². The van der Waals surface area contributed by atoms with E-state index >= 15 is 0 Å². The smallest absolute Gasteiger partial charge is 0.265 e. The highest BCUT2D eigenvalue weighted by Crippen LogP contribution is 2.42. The lowest BCUT2D eigenvalue weighted by molar-refractivity contribution is 0.482. The lowest BCUT2D eigenvalue weighted by Crippen LogP contribution is -2.16. The summed E-state index contributed by atoms with van der Waals surface area (Å²) in [6.07, 6.45) is 2.57. The van der Waals surface area contributed by atoms with Gasteiger partial charge in [0, 0.05) is 23.4 Å². The van der Waals surface area contributed by atoms with Gasteiger partial charge in [0.25, 0.3) is 10.1 Å². The van der Waals surface area contributed by atoms with Gasteiger partial charge in [-0.1, -0.05) is 54.6 Å². The highest BCUT2D eigenvalue weighted by atomic mass is 32.2. The third-order valence-corrected chi connectivity index (χ3v) is 6.71. The number of nitrogens with one attached hydrogen (secondary N) is 1. The van der Waals surface area contributed by atoms with Crippen LogP contribution in [0.15, 0.2) is 79.0 Å². The molecule has 3 aromatic carbocycles. The fourth-order valence-corrected chi connectivity index (χ4v) is 4.91. The van der Waals surface area contributed by atoms with Crippen molar-refractivity contribution in [1.29, 1.82) is 0 Å². The van der Waals surface area contributed by atoms with E-state index in [0.29, 0.717) is 23.6 Å². The van der Waals surface area contributed by atoms with Crippen molar-refractivity contribution in [3.05, 3.63) is 107 Å². The molecule has 8 heteroatoms. The maximum Gasteiger partial charge on any atom is 0.265 e. The molecule has 34 heavy (non-hydrogen) atoms. The number of hydrogen-bond acceptors (Lipinski definition) is 5. The molecule has 0 fully saturated rings. The Kier molecular flexibility index (Phi) is 5.85. The van der Waals surface area contributed by atoms with Crippen LogP contribution >= 0.6 is 0 Å². The van der Waals surface area contributed by atoms with Gasteiger partial charge in [-0.2, -0.15) is 8.42 Å². The molecule has 0 saturated heterocycles. The van der Waals surface area contributed by atoms with Gasteiger partial charge in [-0.05, 0) is 53.3 Å². The second kappa shape index (κ2) is 8.96. The summed E-state index contributed by atoms with van der Waals surface area (Å²) in [5.41, 5.74) is 5.85. The monoisotopic (exact) mass is 475 g/mol. The fourth-order valence-electron chi connectivity index (χ4n) is 4.41. The molecule has 1 aromatic heterocycles. The largest absolute Gasteiger partial charge is 0.324 e. The summed E-state index contributed by atoms with van der Waals surface area (Å²) in [6.45, 7) is 0. The van der Waals surface area contributed by atoms with Crippen LogP contribution in [0.5, 0.6) is 0 Å². The molecule has 2 N–H and O–H groups in total. The van der Waals surface area contributed by atoms with Crippen LogP contribution in [0, 0.1) is 5.82 Å². The number of hydrogen-bond donors (Lipinski definition) is 2. The number of anilines is 2. The molecule has 0 radical (unpaired) electrons. The van der Waals surface area contributed by atoms with Crippen molar-refractivity contribution in [3.63, 3.8) is 0 Å². The Hall–Kier alpha value is -3.62. The van der Waals surface area contributed by atoms with E-state index in [4.69, 9.17) is 9.54 Å². The molecule has 1 unspecified atom stereocenters. The first kappa shape index (κ1) is 22.2. The van der Waals surface area contributed by atoms with Crippen molar-refractivity contribution in [2.45, 2.75) is 18.8 Å². The molecule has 0 bridgehead atoms. The SMILES string of the molecule is O=S(=O)(O)CCc1cccc(Nc2ncc3c(n2)-c2ccccc2C(c2ccccc2F)C3)c1. The zero-order chi connectivity index (χ0) is 23.7. The Morgan fingerprint density at radius 3 is 2.56 bits per heavy atom. The molecule has 1 aliphatic rings. The minimum atomic E-state index is -4.03. The number of halogens is 1. The first-order chi connectivity index (χ1) is 16.4. The predicted octanol–water partition coefficient (Wildman–Crippen LogP) is 5.14. The van der Waals surface area contributed by atoms with E-state index in [1.807, 2.05) is 42.5 Å². The van der Waals surface area contributed by atoms with E-state index in [-0.39, 0.29) is 23.9 Å². The molecular weight excluding hydrogens is 453 g/mol. The van der Waals surface area contributed by atoms with Crippen molar-refractivity contribution >= 4 is 21.8 Å². The summed E-state index contributed by atoms with van der Waals surface area (Å²) in [4.78, 5) is 9.24. The predicted molar refractivity (Wildman–Crippen MR) is 129 cm³/mol. The molecule has 172 valence electrons. The number of benzene rings is 3. The standard InChI is InChI=1S/C26H22FN3O3S/c27-24-11-4-3-9-21(24)23-15-18-16-28-26(30-25(18)22-10-2-1-8-20(22)23)29-19-7-5-6-17(14-19)12-13-34(31,32)33/h1-11,14,16,23H,12-13,15H2,(H,28,29,30)(H,31,32,33). The number of nitrogens with zero attached hydrogens (tertiary/aromatic N) is 2. The van der Waals surface area contributed by atoms with E-state index in [0.717, 1.165) is 27.9 Å². The van der Waals surface area contributed by atoms with E-state index in [2.05, 4.69) is 10.3 Å². The Balaban J connectivity index is 1.45. The summed E-state index contributed by atoms with van der Waals surface area (Å²) >= 11 is 0. The molecule has 1 atom stereocenters. The van der Waals surface area contributed by atoms with Crippen molar-refractivity contribution in [2.75, 3.05) is 11.1 Å². The maximum atomic E-state index is 14.6. The van der Waals surface area contributed by atoms with E-state index in [9.17, 15) is 12.8 Å². The zero-order valence-corrected chi connectivity index (χ0v) is 19.0. The Labute approximate surface area is 197 Å². The first-order valence-electron chi connectivity index (χ1n) is 10.9. The maximum absolute atomic E-state index is 14.6. The van der Waals surface area contributed by atoms with Crippen molar-refractivity contribution in [1.82, 2.24) is 9.97 Å². The summed E-state index contributed by atoms with van der Waals surface area (Å²) in [5, 5.41) is 3.18. The molecule has 4 aromatic rings. The summed E-state index contributed by atoms with van der Waals surface area (Å²) in [7, 11) is -4.03. The minimum Gasteiger partial charge on any atom is -0.324 e. The van der Waals surface area contributed by atoms with Crippen LogP contribution in [0.3, 0.4) is 0 Å². The minimum absolute atomic E-state index is 0.119. The average molecular weight is 476 g/mol. The van der Waals surface area contributed by atoms with Crippen LogP contribution in [-0.4, -0.2) is 28.7 Å². The van der Waals surface area contributed by atoms with Crippen LogP contribution in [0.1, 0.15) is 28.2 Å². The van der Waals surface area contributed by atoms with Gasteiger partial charge in [0.15, 0.2) is 0 Å². The van der Waals surface area contributed by atoms with Crippen LogP contribution in [-0.2, 0) is 23.0 Å². The van der Waals surface area contributed by atoms with Crippen LogP contribution in [0.4, 0.5) is 16.0 Å². The van der Waals surface area contributed by atoms with E-state index in [1.54, 1.807) is 30.5 Å². The third-order valence-electron chi connectivity index (χ3n) is 5.99. The van der Waals surface area contributed by atoms with Gasteiger partial charge >= 0.3 is 0 Å².